The zero-order valence-corrected chi connectivity index (χ0v) is 7.40. The highest BCUT2D eigenvalue weighted by molar-refractivity contribution is 4.97. The first kappa shape index (κ1) is 9.92. The van der Waals surface area contributed by atoms with E-state index in [1.165, 1.54) is 0 Å². The second-order valence-corrected chi connectivity index (χ2v) is 3.22. The van der Waals surface area contributed by atoms with E-state index in [0.29, 0.717) is 12.8 Å². The molecule has 0 radical (unpaired) electrons. The van der Waals surface area contributed by atoms with Crippen molar-refractivity contribution in [3.05, 3.63) is 0 Å². The number of hydrogen-bond acceptors (Lipinski definition) is 4. The van der Waals surface area contributed by atoms with Crippen LogP contribution in [0.4, 0.5) is 0 Å². The summed E-state index contributed by atoms with van der Waals surface area (Å²) in [6, 6.07) is 0. The van der Waals surface area contributed by atoms with Crippen molar-refractivity contribution in [3.63, 3.8) is 0 Å². The summed E-state index contributed by atoms with van der Waals surface area (Å²) >= 11 is 0. The third-order valence-corrected chi connectivity index (χ3v) is 2.71. The Morgan fingerprint density at radius 1 is 1.17 bits per heavy atom. The van der Waals surface area contributed by atoms with Gasteiger partial charge in [0.15, 0.2) is 6.29 Å². The molecule has 12 heavy (non-hydrogen) atoms. The molecule has 1 unspecified atom stereocenters. The summed E-state index contributed by atoms with van der Waals surface area (Å²) in [5.41, 5.74) is -0.765. The average Bonchev–Trinajstić information content (AvgIpc) is 2.30. The molecule has 0 spiro atoms. The SMILES string of the molecule is CCC1(CC)O[C@@H](O)C(O)[C@@H]1O. The van der Waals surface area contributed by atoms with Crippen LogP contribution in [0, 0.1) is 0 Å². The molecule has 0 amide bonds. The Bertz CT molecular complexity index is 155. The molecule has 72 valence electrons. The molecule has 4 heteroatoms. The lowest BCUT2D eigenvalue weighted by molar-refractivity contribution is -0.163. The topological polar surface area (TPSA) is 69.9 Å². The molecule has 0 aromatic carbocycles. The molecule has 3 N–H and O–H groups in total. The molecule has 0 saturated carbocycles. The van der Waals surface area contributed by atoms with Gasteiger partial charge >= 0.3 is 0 Å². The first-order valence-corrected chi connectivity index (χ1v) is 4.29. The van der Waals surface area contributed by atoms with Gasteiger partial charge in [0.05, 0.1) is 5.60 Å². The Balaban J connectivity index is 2.79. The monoisotopic (exact) mass is 176 g/mol. The van der Waals surface area contributed by atoms with Crippen LogP contribution in [0.1, 0.15) is 26.7 Å². The van der Waals surface area contributed by atoms with Crippen molar-refractivity contribution in [1.82, 2.24) is 0 Å². The Hall–Kier alpha value is -0.160. The minimum atomic E-state index is -1.25. The summed E-state index contributed by atoms with van der Waals surface area (Å²) in [4.78, 5) is 0. The van der Waals surface area contributed by atoms with Gasteiger partial charge in [0.25, 0.3) is 0 Å². The Kier molecular flexibility index (Phi) is 2.73. The highest BCUT2D eigenvalue weighted by atomic mass is 16.7. The van der Waals surface area contributed by atoms with Gasteiger partial charge in [-0.15, -0.1) is 0 Å². The molecule has 0 bridgehead atoms. The zero-order valence-electron chi connectivity index (χ0n) is 7.40. The Morgan fingerprint density at radius 3 is 1.83 bits per heavy atom. The molecule has 1 saturated heterocycles. The third kappa shape index (κ3) is 1.25. The molecular weight excluding hydrogens is 160 g/mol. The summed E-state index contributed by atoms with van der Waals surface area (Å²) in [5.74, 6) is 0. The Morgan fingerprint density at radius 2 is 1.67 bits per heavy atom. The van der Waals surface area contributed by atoms with Crippen molar-refractivity contribution in [2.24, 2.45) is 0 Å². The average molecular weight is 176 g/mol. The molecule has 3 atom stereocenters. The zero-order chi connectivity index (χ0) is 9.35. The van der Waals surface area contributed by atoms with Crippen molar-refractivity contribution in [2.45, 2.75) is 50.8 Å². The lowest BCUT2D eigenvalue weighted by atomic mass is 9.90. The van der Waals surface area contributed by atoms with E-state index in [1.807, 2.05) is 13.8 Å². The summed E-state index contributed by atoms with van der Waals surface area (Å²) in [7, 11) is 0. The summed E-state index contributed by atoms with van der Waals surface area (Å²) in [5, 5.41) is 27.9. The predicted octanol–water partition coefficient (Wildman–Crippen LogP) is -0.384. The van der Waals surface area contributed by atoms with Gasteiger partial charge in [0.1, 0.15) is 12.2 Å². The predicted molar refractivity (Wildman–Crippen MR) is 42.4 cm³/mol. The molecular formula is C8H16O4. The van der Waals surface area contributed by atoms with Crippen LogP contribution in [-0.4, -0.2) is 39.4 Å². The summed E-state index contributed by atoms with van der Waals surface area (Å²) in [6.45, 7) is 3.72. The van der Waals surface area contributed by atoms with Crippen molar-refractivity contribution >= 4 is 0 Å². The van der Waals surface area contributed by atoms with Crippen LogP contribution in [0.5, 0.6) is 0 Å². The van der Waals surface area contributed by atoms with Crippen LogP contribution in [0.2, 0.25) is 0 Å². The maximum Gasteiger partial charge on any atom is 0.184 e. The van der Waals surface area contributed by atoms with E-state index >= 15 is 0 Å². The normalized spacial score (nSPS) is 40.2. The van der Waals surface area contributed by atoms with Crippen molar-refractivity contribution in [3.8, 4) is 0 Å². The van der Waals surface area contributed by atoms with Crippen LogP contribution >= 0.6 is 0 Å². The molecule has 1 aliphatic heterocycles. The molecule has 4 nitrogen and oxygen atoms in total. The lowest BCUT2D eigenvalue weighted by Crippen LogP contribution is -2.42. The van der Waals surface area contributed by atoms with Crippen LogP contribution in [0.15, 0.2) is 0 Å². The van der Waals surface area contributed by atoms with Gasteiger partial charge < -0.3 is 20.1 Å². The third-order valence-electron chi connectivity index (χ3n) is 2.71. The summed E-state index contributed by atoms with van der Waals surface area (Å²) < 4.78 is 5.13. The van der Waals surface area contributed by atoms with Gasteiger partial charge in [-0.3, -0.25) is 0 Å². The van der Waals surface area contributed by atoms with Crippen LogP contribution in [0.25, 0.3) is 0 Å². The minimum absolute atomic E-state index is 0.582. The highest BCUT2D eigenvalue weighted by Crippen LogP contribution is 2.35. The first-order chi connectivity index (χ1) is 5.57. The number of ether oxygens (including phenoxy) is 1. The maximum absolute atomic E-state index is 9.54. The fourth-order valence-corrected chi connectivity index (χ4v) is 1.68. The van der Waals surface area contributed by atoms with Gasteiger partial charge in [-0.1, -0.05) is 13.8 Å². The van der Waals surface area contributed by atoms with Gasteiger partial charge in [-0.05, 0) is 12.8 Å². The minimum Gasteiger partial charge on any atom is -0.387 e. The van der Waals surface area contributed by atoms with Crippen LogP contribution in [0.3, 0.4) is 0 Å². The highest BCUT2D eigenvalue weighted by Gasteiger charge is 2.51. The number of rotatable bonds is 2. The van der Waals surface area contributed by atoms with Crippen molar-refractivity contribution in [2.75, 3.05) is 0 Å². The molecule has 0 aliphatic carbocycles. The fourth-order valence-electron chi connectivity index (χ4n) is 1.68. The van der Waals surface area contributed by atoms with E-state index in [0.717, 1.165) is 0 Å². The molecule has 1 fully saturated rings. The molecule has 0 aromatic heterocycles. The van der Waals surface area contributed by atoms with E-state index < -0.39 is 24.1 Å². The van der Waals surface area contributed by atoms with E-state index in [1.54, 1.807) is 0 Å². The lowest BCUT2D eigenvalue weighted by Gasteiger charge is -2.28. The largest absolute Gasteiger partial charge is 0.387 e. The van der Waals surface area contributed by atoms with E-state index in [9.17, 15) is 10.2 Å². The summed E-state index contributed by atoms with van der Waals surface area (Å²) in [6.07, 6.45) is -2.25. The van der Waals surface area contributed by atoms with Gasteiger partial charge in [0, 0.05) is 0 Å². The van der Waals surface area contributed by atoms with Crippen LogP contribution < -0.4 is 0 Å². The van der Waals surface area contributed by atoms with E-state index in [4.69, 9.17) is 9.84 Å². The fraction of sp³-hybridized carbons (Fsp3) is 1.00. The van der Waals surface area contributed by atoms with E-state index in [2.05, 4.69) is 0 Å². The molecule has 1 rings (SSSR count). The van der Waals surface area contributed by atoms with Gasteiger partial charge in [-0.2, -0.15) is 0 Å². The van der Waals surface area contributed by atoms with Crippen LogP contribution in [-0.2, 0) is 4.74 Å². The maximum atomic E-state index is 9.54. The Labute approximate surface area is 71.8 Å². The second-order valence-electron chi connectivity index (χ2n) is 3.22. The van der Waals surface area contributed by atoms with Crippen molar-refractivity contribution < 1.29 is 20.1 Å². The van der Waals surface area contributed by atoms with E-state index in [-0.39, 0.29) is 0 Å². The van der Waals surface area contributed by atoms with Crippen molar-refractivity contribution in [1.29, 1.82) is 0 Å². The first-order valence-electron chi connectivity index (χ1n) is 4.29. The quantitative estimate of drug-likeness (QED) is 0.536. The molecule has 0 aromatic rings. The smallest absolute Gasteiger partial charge is 0.184 e. The molecule has 1 aliphatic rings. The number of aliphatic hydroxyl groups is 3. The molecule has 1 heterocycles. The number of aliphatic hydroxyl groups excluding tert-OH is 3. The standard InChI is InChI=1S/C8H16O4/c1-3-8(4-2)6(10)5(9)7(11)12-8/h5-7,9-11H,3-4H2,1-2H3/t5?,6-,7+/m0/s1. The van der Waals surface area contributed by atoms with Gasteiger partial charge in [0.2, 0.25) is 0 Å². The second kappa shape index (κ2) is 3.30. The number of hydrogen-bond donors (Lipinski definition) is 3. The van der Waals surface area contributed by atoms with Gasteiger partial charge in [-0.25, -0.2) is 0 Å².